The van der Waals surface area contributed by atoms with Gasteiger partial charge in [-0.1, -0.05) is 0 Å². The lowest BCUT2D eigenvalue weighted by molar-refractivity contribution is -0.120. The highest BCUT2D eigenvalue weighted by Crippen LogP contribution is 2.34. The molecular formula is C20H19N3O7S. The summed E-state index contributed by atoms with van der Waals surface area (Å²) in [5.74, 6) is -0.239. The summed E-state index contributed by atoms with van der Waals surface area (Å²) in [4.78, 5) is 26.6. The van der Waals surface area contributed by atoms with Gasteiger partial charge in [-0.15, -0.1) is 0 Å². The number of hydrogen-bond donors (Lipinski definition) is 2. The van der Waals surface area contributed by atoms with Crippen LogP contribution in [-0.2, 0) is 14.8 Å². The number of amides is 1. The van der Waals surface area contributed by atoms with Crippen molar-refractivity contribution in [3.05, 3.63) is 46.9 Å². The maximum absolute atomic E-state index is 13.1. The maximum atomic E-state index is 13.1. The number of ether oxygens (including phenoxy) is 2. The summed E-state index contributed by atoms with van der Waals surface area (Å²) in [5.41, 5.74) is 1.14. The van der Waals surface area contributed by atoms with E-state index in [1.54, 1.807) is 18.2 Å². The number of rotatable bonds is 4. The summed E-state index contributed by atoms with van der Waals surface area (Å²) in [6.45, 7) is 0.513. The number of fused-ring (bicyclic) bond motifs is 2. The zero-order valence-corrected chi connectivity index (χ0v) is 17.1. The number of aromatic nitrogens is 1. The van der Waals surface area contributed by atoms with Crippen molar-refractivity contribution in [1.82, 2.24) is 9.29 Å². The van der Waals surface area contributed by atoms with Crippen molar-refractivity contribution in [1.29, 1.82) is 0 Å². The van der Waals surface area contributed by atoms with E-state index >= 15 is 0 Å². The molecule has 0 bridgehead atoms. The van der Waals surface area contributed by atoms with Gasteiger partial charge in [0.2, 0.25) is 22.7 Å². The van der Waals surface area contributed by atoms with Crippen LogP contribution in [0.25, 0.3) is 11.1 Å². The van der Waals surface area contributed by atoms with Crippen LogP contribution in [-0.4, -0.2) is 43.5 Å². The van der Waals surface area contributed by atoms with Crippen molar-refractivity contribution in [2.75, 3.05) is 25.2 Å². The second-order valence-electron chi connectivity index (χ2n) is 7.43. The Morgan fingerprint density at radius 1 is 1.13 bits per heavy atom. The molecule has 0 saturated carbocycles. The van der Waals surface area contributed by atoms with Crippen LogP contribution in [0.1, 0.15) is 12.8 Å². The molecule has 2 N–H and O–H groups in total. The van der Waals surface area contributed by atoms with E-state index in [0.29, 0.717) is 42.1 Å². The fourth-order valence-electron chi connectivity index (χ4n) is 3.83. The van der Waals surface area contributed by atoms with Gasteiger partial charge in [-0.05, 0) is 37.1 Å². The third kappa shape index (κ3) is 3.66. The molecule has 1 saturated heterocycles. The normalized spacial score (nSPS) is 18.9. The van der Waals surface area contributed by atoms with E-state index in [2.05, 4.69) is 10.3 Å². The first kappa shape index (κ1) is 19.6. The molecule has 1 amide bonds. The molecule has 162 valence electrons. The lowest BCUT2D eigenvalue weighted by Gasteiger charge is -2.31. The number of benzene rings is 2. The van der Waals surface area contributed by atoms with Gasteiger partial charge in [-0.3, -0.25) is 9.78 Å². The van der Waals surface area contributed by atoms with Crippen LogP contribution in [0.2, 0.25) is 0 Å². The topological polar surface area (TPSA) is 131 Å². The second kappa shape index (κ2) is 7.43. The number of carbonyl (C=O) groups is 1. The van der Waals surface area contributed by atoms with Crippen LogP contribution in [0.4, 0.5) is 5.69 Å². The minimum atomic E-state index is -3.85. The number of H-pyrrole nitrogens is 1. The van der Waals surface area contributed by atoms with E-state index in [9.17, 15) is 18.0 Å². The number of hydrogen-bond acceptors (Lipinski definition) is 7. The van der Waals surface area contributed by atoms with Crippen molar-refractivity contribution in [3.8, 4) is 11.5 Å². The minimum absolute atomic E-state index is 0.0135. The summed E-state index contributed by atoms with van der Waals surface area (Å²) in [6.07, 6.45) is 1.13. The molecule has 5 rings (SSSR count). The van der Waals surface area contributed by atoms with Crippen LogP contribution < -0.4 is 20.5 Å². The van der Waals surface area contributed by atoms with Gasteiger partial charge < -0.3 is 19.2 Å². The molecule has 1 atom stereocenters. The standard InChI is InChI=1S/C20H19N3O7S/c24-19(21-13-3-6-16-18(8-13)29-11-28-16)12-2-1-7-23(10-12)31(26,27)14-4-5-15-17(9-14)30-20(25)22-15/h3-6,8-9,12H,1-2,7,10-11H2,(H,21,24)(H,22,25)/t12-/m0/s1. The van der Waals surface area contributed by atoms with E-state index < -0.39 is 21.7 Å². The summed E-state index contributed by atoms with van der Waals surface area (Å²) in [5, 5.41) is 2.83. The summed E-state index contributed by atoms with van der Waals surface area (Å²) in [7, 11) is -3.85. The Labute approximate surface area is 176 Å². The molecule has 11 heteroatoms. The van der Waals surface area contributed by atoms with E-state index in [-0.39, 0.29) is 29.7 Å². The van der Waals surface area contributed by atoms with Crippen molar-refractivity contribution in [2.45, 2.75) is 17.7 Å². The average molecular weight is 445 g/mol. The molecule has 0 unspecified atom stereocenters. The number of piperidine rings is 1. The zero-order valence-electron chi connectivity index (χ0n) is 16.3. The maximum Gasteiger partial charge on any atom is 0.417 e. The van der Waals surface area contributed by atoms with Crippen LogP contribution >= 0.6 is 0 Å². The molecule has 0 radical (unpaired) electrons. The first-order valence-corrected chi connectivity index (χ1v) is 11.2. The fraction of sp³-hybridized carbons (Fsp3) is 0.300. The number of anilines is 1. The number of oxazole rings is 1. The van der Waals surface area contributed by atoms with Gasteiger partial charge in [0.05, 0.1) is 16.3 Å². The highest BCUT2D eigenvalue weighted by Gasteiger charge is 2.33. The van der Waals surface area contributed by atoms with Gasteiger partial charge in [0, 0.05) is 30.9 Å². The summed E-state index contributed by atoms with van der Waals surface area (Å²) in [6, 6.07) is 9.32. The first-order valence-electron chi connectivity index (χ1n) is 9.74. The number of aromatic amines is 1. The molecule has 2 aromatic carbocycles. The van der Waals surface area contributed by atoms with Crippen LogP contribution in [0.15, 0.2) is 50.5 Å². The number of carbonyl (C=O) groups excluding carboxylic acids is 1. The van der Waals surface area contributed by atoms with Gasteiger partial charge in [0.25, 0.3) is 0 Å². The quantitative estimate of drug-likeness (QED) is 0.627. The molecule has 31 heavy (non-hydrogen) atoms. The second-order valence-corrected chi connectivity index (χ2v) is 9.37. The largest absolute Gasteiger partial charge is 0.454 e. The van der Waals surface area contributed by atoms with E-state index in [0.717, 1.165) is 0 Å². The minimum Gasteiger partial charge on any atom is -0.454 e. The van der Waals surface area contributed by atoms with Crippen molar-refractivity contribution in [3.63, 3.8) is 0 Å². The Kier molecular flexibility index (Phi) is 4.71. The SMILES string of the molecule is O=C(Nc1ccc2c(c1)OCO2)[C@H]1CCCN(S(=O)(=O)c2ccc3[nH]c(=O)oc3c2)C1. The molecule has 3 heterocycles. The van der Waals surface area contributed by atoms with Crippen LogP contribution in [0.3, 0.4) is 0 Å². The summed E-state index contributed by atoms with van der Waals surface area (Å²) >= 11 is 0. The summed E-state index contributed by atoms with van der Waals surface area (Å²) < 4.78 is 43.1. The van der Waals surface area contributed by atoms with E-state index in [1.807, 2.05) is 0 Å². The van der Waals surface area contributed by atoms with Gasteiger partial charge in [-0.2, -0.15) is 4.31 Å². The smallest absolute Gasteiger partial charge is 0.417 e. The highest BCUT2D eigenvalue weighted by atomic mass is 32.2. The third-order valence-electron chi connectivity index (χ3n) is 5.43. The Morgan fingerprint density at radius 3 is 2.84 bits per heavy atom. The predicted octanol–water partition coefficient (Wildman–Crippen LogP) is 1.89. The van der Waals surface area contributed by atoms with Gasteiger partial charge in [0.15, 0.2) is 17.1 Å². The molecule has 3 aromatic rings. The fourth-order valence-corrected chi connectivity index (χ4v) is 5.37. The lowest BCUT2D eigenvalue weighted by Crippen LogP contribution is -2.43. The van der Waals surface area contributed by atoms with Gasteiger partial charge in [-0.25, -0.2) is 13.2 Å². The monoisotopic (exact) mass is 445 g/mol. The molecule has 0 aliphatic carbocycles. The zero-order chi connectivity index (χ0) is 21.6. The Morgan fingerprint density at radius 2 is 1.97 bits per heavy atom. The van der Waals surface area contributed by atoms with Gasteiger partial charge >= 0.3 is 5.76 Å². The molecule has 2 aliphatic rings. The molecule has 1 fully saturated rings. The van der Waals surface area contributed by atoms with Crippen molar-refractivity contribution < 1.29 is 27.1 Å². The Hall–Kier alpha value is -3.31. The molecule has 1 aromatic heterocycles. The molecule has 2 aliphatic heterocycles. The highest BCUT2D eigenvalue weighted by molar-refractivity contribution is 7.89. The number of sulfonamides is 1. The van der Waals surface area contributed by atoms with Gasteiger partial charge in [0.1, 0.15) is 0 Å². The third-order valence-corrected chi connectivity index (χ3v) is 7.29. The lowest BCUT2D eigenvalue weighted by atomic mass is 9.98. The van der Waals surface area contributed by atoms with E-state index in [4.69, 9.17) is 13.9 Å². The number of nitrogens with zero attached hydrogens (tertiary/aromatic N) is 1. The average Bonchev–Trinajstić information content (AvgIpc) is 3.38. The van der Waals surface area contributed by atoms with Crippen LogP contribution in [0.5, 0.6) is 11.5 Å². The predicted molar refractivity (Wildman–Crippen MR) is 110 cm³/mol. The molecule has 10 nitrogen and oxygen atoms in total. The Bertz CT molecular complexity index is 1330. The van der Waals surface area contributed by atoms with Crippen molar-refractivity contribution in [2.24, 2.45) is 5.92 Å². The first-order chi connectivity index (χ1) is 14.9. The van der Waals surface area contributed by atoms with Crippen molar-refractivity contribution >= 4 is 32.7 Å². The molecular weight excluding hydrogens is 426 g/mol. The van der Waals surface area contributed by atoms with Crippen LogP contribution in [0, 0.1) is 5.92 Å². The number of nitrogens with one attached hydrogen (secondary N) is 2. The Balaban J connectivity index is 1.32. The molecule has 0 spiro atoms. The van der Waals surface area contributed by atoms with E-state index in [1.165, 1.54) is 22.5 Å².